The highest BCUT2D eigenvalue weighted by Gasteiger charge is 2.20. The Morgan fingerprint density at radius 3 is 2.47 bits per heavy atom. The lowest BCUT2D eigenvalue weighted by molar-refractivity contribution is 0.0532. The first-order valence-electron chi connectivity index (χ1n) is 4.59. The summed E-state index contributed by atoms with van der Waals surface area (Å²) in [6.45, 7) is 3.68. The summed E-state index contributed by atoms with van der Waals surface area (Å²) in [4.78, 5) is 0. The minimum atomic E-state index is -1.45. The van der Waals surface area contributed by atoms with Crippen molar-refractivity contribution in [2.45, 2.75) is 26.1 Å². The van der Waals surface area contributed by atoms with Crippen LogP contribution in [0.25, 0.3) is 0 Å². The number of nitrogen functional groups attached to an aromatic ring is 1. The summed E-state index contributed by atoms with van der Waals surface area (Å²) in [5.74, 6) is 0. The fourth-order valence-corrected chi connectivity index (χ4v) is 1.50. The molecule has 0 aliphatic carbocycles. The van der Waals surface area contributed by atoms with E-state index in [0.717, 1.165) is 11.1 Å². The molecule has 0 aliphatic rings. The van der Waals surface area contributed by atoms with Crippen molar-refractivity contribution in [1.82, 2.24) is 0 Å². The molecular formula is C11H14N2O2. The molecular weight excluding hydrogens is 192 g/mol. The van der Waals surface area contributed by atoms with Crippen LogP contribution in [0.4, 0.5) is 5.69 Å². The monoisotopic (exact) mass is 206 g/mol. The molecule has 0 fully saturated rings. The molecule has 2 atom stereocenters. The van der Waals surface area contributed by atoms with Crippen molar-refractivity contribution in [3.63, 3.8) is 0 Å². The first kappa shape index (κ1) is 11.5. The Labute approximate surface area is 88.6 Å². The fourth-order valence-electron chi connectivity index (χ4n) is 1.50. The maximum Gasteiger partial charge on any atom is 0.170 e. The largest absolute Gasteiger partial charge is 0.398 e. The third kappa shape index (κ3) is 2.27. The number of nitrogens with two attached hydrogens (primary N) is 1. The highest BCUT2D eigenvalue weighted by atomic mass is 16.3. The third-order valence-corrected chi connectivity index (χ3v) is 2.31. The van der Waals surface area contributed by atoms with Gasteiger partial charge in [-0.05, 0) is 19.4 Å². The summed E-state index contributed by atoms with van der Waals surface area (Å²) >= 11 is 0. The number of anilines is 1. The zero-order chi connectivity index (χ0) is 11.6. The van der Waals surface area contributed by atoms with E-state index in [1.165, 1.54) is 0 Å². The van der Waals surface area contributed by atoms with Crippen LogP contribution in [0, 0.1) is 25.2 Å². The molecule has 0 aromatic heterocycles. The van der Waals surface area contributed by atoms with E-state index in [9.17, 15) is 10.2 Å². The van der Waals surface area contributed by atoms with Gasteiger partial charge in [-0.3, -0.25) is 0 Å². The van der Waals surface area contributed by atoms with Gasteiger partial charge in [0.1, 0.15) is 6.10 Å². The summed E-state index contributed by atoms with van der Waals surface area (Å²) in [5, 5.41) is 27.4. The van der Waals surface area contributed by atoms with Crippen molar-refractivity contribution in [2.75, 3.05) is 5.73 Å². The number of hydrogen-bond donors (Lipinski definition) is 3. The molecule has 0 saturated carbocycles. The maximum atomic E-state index is 9.67. The molecule has 4 nitrogen and oxygen atoms in total. The number of aryl methyl sites for hydroxylation is 2. The van der Waals surface area contributed by atoms with Crippen LogP contribution in [0.1, 0.15) is 22.8 Å². The average molecular weight is 206 g/mol. The normalized spacial score (nSPS) is 14.3. The van der Waals surface area contributed by atoms with Crippen LogP contribution in [0.15, 0.2) is 12.1 Å². The summed E-state index contributed by atoms with van der Waals surface area (Å²) in [6.07, 6.45) is -2.71. The SMILES string of the molecule is Cc1cc(C)c(N)c(C(O)C(O)C#N)c1. The van der Waals surface area contributed by atoms with Gasteiger partial charge in [-0.2, -0.15) is 5.26 Å². The van der Waals surface area contributed by atoms with Crippen molar-refractivity contribution in [3.8, 4) is 6.07 Å². The minimum Gasteiger partial charge on any atom is -0.398 e. The molecule has 1 rings (SSSR count). The standard InChI is InChI=1S/C11H14N2O2/c1-6-3-7(2)10(13)8(4-6)11(15)9(14)5-12/h3-4,9,11,14-15H,13H2,1-2H3. The lowest BCUT2D eigenvalue weighted by Crippen LogP contribution is -2.17. The van der Waals surface area contributed by atoms with Crippen molar-refractivity contribution >= 4 is 5.69 Å². The lowest BCUT2D eigenvalue weighted by Gasteiger charge is -2.16. The Kier molecular flexibility index (Phi) is 3.30. The zero-order valence-electron chi connectivity index (χ0n) is 8.73. The van der Waals surface area contributed by atoms with Crippen LogP contribution in [0.5, 0.6) is 0 Å². The van der Waals surface area contributed by atoms with Crippen LogP contribution in [-0.4, -0.2) is 16.3 Å². The molecule has 80 valence electrons. The molecule has 4 heteroatoms. The van der Waals surface area contributed by atoms with Gasteiger partial charge in [-0.25, -0.2) is 0 Å². The van der Waals surface area contributed by atoms with E-state index in [2.05, 4.69) is 0 Å². The van der Waals surface area contributed by atoms with Gasteiger partial charge in [-0.1, -0.05) is 17.7 Å². The second-order valence-corrected chi connectivity index (χ2v) is 3.60. The predicted octanol–water partition coefficient (Wildman–Crippen LogP) is 0.804. The number of aliphatic hydroxyl groups is 2. The molecule has 15 heavy (non-hydrogen) atoms. The van der Waals surface area contributed by atoms with Crippen LogP contribution in [0.3, 0.4) is 0 Å². The number of nitriles is 1. The van der Waals surface area contributed by atoms with Gasteiger partial charge >= 0.3 is 0 Å². The van der Waals surface area contributed by atoms with E-state index in [4.69, 9.17) is 11.0 Å². The number of benzene rings is 1. The molecule has 0 spiro atoms. The molecule has 4 N–H and O–H groups in total. The number of aliphatic hydroxyl groups excluding tert-OH is 2. The Morgan fingerprint density at radius 2 is 1.93 bits per heavy atom. The first-order chi connectivity index (χ1) is 6.97. The lowest BCUT2D eigenvalue weighted by atomic mass is 9.98. The zero-order valence-corrected chi connectivity index (χ0v) is 8.73. The second-order valence-electron chi connectivity index (χ2n) is 3.60. The molecule has 0 heterocycles. The van der Waals surface area contributed by atoms with Gasteiger partial charge in [0.2, 0.25) is 0 Å². The van der Waals surface area contributed by atoms with E-state index in [1.54, 1.807) is 12.1 Å². The molecule has 0 aliphatic heterocycles. The number of hydrogen-bond acceptors (Lipinski definition) is 4. The van der Waals surface area contributed by atoms with E-state index in [-0.39, 0.29) is 0 Å². The van der Waals surface area contributed by atoms with Gasteiger partial charge in [-0.15, -0.1) is 0 Å². The summed E-state index contributed by atoms with van der Waals surface area (Å²) < 4.78 is 0. The molecule has 2 unspecified atom stereocenters. The Bertz CT molecular complexity index is 410. The van der Waals surface area contributed by atoms with Gasteiger partial charge < -0.3 is 15.9 Å². The predicted molar refractivity (Wildman–Crippen MR) is 56.9 cm³/mol. The van der Waals surface area contributed by atoms with Gasteiger partial charge in [0.15, 0.2) is 6.10 Å². The Morgan fingerprint density at radius 1 is 1.33 bits per heavy atom. The fraction of sp³-hybridized carbons (Fsp3) is 0.364. The molecule has 0 saturated heterocycles. The topological polar surface area (TPSA) is 90.3 Å². The summed E-state index contributed by atoms with van der Waals surface area (Å²) in [6, 6.07) is 5.13. The van der Waals surface area contributed by atoms with Gasteiger partial charge in [0.25, 0.3) is 0 Å². The highest BCUT2D eigenvalue weighted by molar-refractivity contribution is 5.56. The molecule has 1 aromatic rings. The minimum absolute atomic E-state index is 0.404. The second kappa shape index (κ2) is 4.30. The Hall–Kier alpha value is -1.57. The van der Waals surface area contributed by atoms with Crippen LogP contribution >= 0.6 is 0 Å². The quantitative estimate of drug-likeness (QED) is 0.493. The molecule has 1 aromatic carbocycles. The molecule has 0 radical (unpaired) electrons. The van der Waals surface area contributed by atoms with Crippen LogP contribution < -0.4 is 5.73 Å². The van der Waals surface area contributed by atoms with Crippen LogP contribution in [0.2, 0.25) is 0 Å². The van der Waals surface area contributed by atoms with Gasteiger partial charge in [0.05, 0.1) is 6.07 Å². The van der Waals surface area contributed by atoms with E-state index in [0.29, 0.717) is 11.3 Å². The van der Waals surface area contributed by atoms with E-state index in [1.807, 2.05) is 19.9 Å². The maximum absolute atomic E-state index is 9.67. The average Bonchev–Trinajstić information content (AvgIpc) is 2.21. The van der Waals surface area contributed by atoms with Crippen LogP contribution in [-0.2, 0) is 0 Å². The Balaban J connectivity index is 3.20. The third-order valence-electron chi connectivity index (χ3n) is 2.31. The highest BCUT2D eigenvalue weighted by Crippen LogP contribution is 2.27. The van der Waals surface area contributed by atoms with Crippen molar-refractivity contribution in [2.24, 2.45) is 0 Å². The summed E-state index contributed by atoms with van der Waals surface area (Å²) in [5.41, 5.74) is 8.35. The summed E-state index contributed by atoms with van der Waals surface area (Å²) in [7, 11) is 0. The van der Waals surface area contributed by atoms with E-state index >= 15 is 0 Å². The van der Waals surface area contributed by atoms with Gasteiger partial charge in [0, 0.05) is 11.3 Å². The smallest absolute Gasteiger partial charge is 0.170 e. The molecule has 0 bridgehead atoms. The van der Waals surface area contributed by atoms with Crippen molar-refractivity contribution < 1.29 is 10.2 Å². The van der Waals surface area contributed by atoms with E-state index < -0.39 is 12.2 Å². The number of nitrogens with zero attached hydrogens (tertiary/aromatic N) is 1. The van der Waals surface area contributed by atoms with Crippen molar-refractivity contribution in [1.29, 1.82) is 5.26 Å². The van der Waals surface area contributed by atoms with Crippen molar-refractivity contribution in [3.05, 3.63) is 28.8 Å². The molecule has 0 amide bonds. The number of rotatable bonds is 2. The first-order valence-corrected chi connectivity index (χ1v) is 4.59.